The van der Waals surface area contributed by atoms with Gasteiger partial charge >= 0.3 is 0 Å². The largest absolute Gasteiger partial charge is 0.376 e. The fraction of sp³-hybridized carbons (Fsp3) is 0.522. The molecule has 2 heterocycles. The normalized spacial score (nSPS) is 21.4. The summed E-state index contributed by atoms with van der Waals surface area (Å²) in [5.74, 6) is 0.978. The number of benzene rings is 2. The Balaban J connectivity index is 1.25. The van der Waals surface area contributed by atoms with E-state index in [1.165, 1.54) is 22.8 Å². The Morgan fingerprint density at radius 2 is 1.96 bits per heavy atom. The van der Waals surface area contributed by atoms with Crippen LogP contribution in [0.3, 0.4) is 0 Å². The van der Waals surface area contributed by atoms with Crippen LogP contribution < -0.4 is 5.32 Å². The Kier molecular flexibility index (Phi) is 6.45. The maximum Gasteiger partial charge on any atom is 0.193 e. The minimum atomic E-state index is 0.314. The predicted molar refractivity (Wildman–Crippen MR) is 114 cm³/mol. The lowest BCUT2D eigenvalue weighted by molar-refractivity contribution is -0.0367. The number of ether oxygens (including phenoxy) is 2. The minimum Gasteiger partial charge on any atom is -0.376 e. The van der Waals surface area contributed by atoms with Crippen molar-refractivity contribution >= 4 is 16.7 Å². The second-order valence-corrected chi connectivity index (χ2v) is 7.74. The molecule has 0 radical (unpaired) electrons. The first-order valence-corrected chi connectivity index (χ1v) is 10.5. The van der Waals surface area contributed by atoms with Gasteiger partial charge in [0.2, 0.25) is 0 Å². The zero-order valence-corrected chi connectivity index (χ0v) is 16.8. The van der Waals surface area contributed by atoms with E-state index in [4.69, 9.17) is 9.47 Å². The molecule has 2 fully saturated rings. The maximum absolute atomic E-state index is 6.09. The highest BCUT2D eigenvalue weighted by Gasteiger charge is 2.24. The standard InChI is InChI=1S/C23H31N3O2/c1-24-23(25-16-18-8-9-19-5-2-3-6-20(19)15-18)26-12-10-21(11-13-26)28-17-22-7-4-14-27-22/h2-3,5-6,8-9,15,21-22H,4,7,10-14,16-17H2,1H3,(H,24,25). The molecule has 28 heavy (non-hydrogen) atoms. The molecule has 5 nitrogen and oxygen atoms in total. The number of nitrogens with one attached hydrogen (secondary N) is 1. The second-order valence-electron chi connectivity index (χ2n) is 7.74. The van der Waals surface area contributed by atoms with Crippen molar-refractivity contribution < 1.29 is 9.47 Å². The van der Waals surface area contributed by atoms with Crippen LogP contribution in [-0.2, 0) is 16.0 Å². The lowest BCUT2D eigenvalue weighted by Crippen LogP contribution is -2.47. The van der Waals surface area contributed by atoms with Gasteiger partial charge in [0.05, 0.1) is 18.8 Å². The Morgan fingerprint density at radius 1 is 1.14 bits per heavy atom. The van der Waals surface area contributed by atoms with Gasteiger partial charge in [-0.1, -0.05) is 36.4 Å². The van der Waals surface area contributed by atoms with E-state index >= 15 is 0 Å². The van der Waals surface area contributed by atoms with E-state index < -0.39 is 0 Å². The number of rotatable bonds is 5. The Bertz CT molecular complexity index is 793. The number of fused-ring (bicyclic) bond motifs is 1. The van der Waals surface area contributed by atoms with Crippen LogP contribution in [0.5, 0.6) is 0 Å². The lowest BCUT2D eigenvalue weighted by Gasteiger charge is -2.34. The summed E-state index contributed by atoms with van der Waals surface area (Å²) >= 11 is 0. The number of likely N-dealkylation sites (tertiary alicyclic amines) is 1. The van der Waals surface area contributed by atoms with Gasteiger partial charge in [-0.05, 0) is 48.1 Å². The van der Waals surface area contributed by atoms with E-state index in [1.54, 1.807) is 0 Å². The lowest BCUT2D eigenvalue weighted by atomic mass is 10.1. The van der Waals surface area contributed by atoms with Crippen molar-refractivity contribution in [3.8, 4) is 0 Å². The van der Waals surface area contributed by atoms with Crippen molar-refractivity contribution in [1.29, 1.82) is 0 Å². The number of aliphatic imine (C=N–C) groups is 1. The Hall–Kier alpha value is -2.11. The molecule has 4 rings (SSSR count). The van der Waals surface area contributed by atoms with Crippen molar-refractivity contribution in [2.24, 2.45) is 4.99 Å². The monoisotopic (exact) mass is 381 g/mol. The van der Waals surface area contributed by atoms with Gasteiger partial charge in [-0.2, -0.15) is 0 Å². The summed E-state index contributed by atoms with van der Waals surface area (Å²) < 4.78 is 11.7. The minimum absolute atomic E-state index is 0.314. The van der Waals surface area contributed by atoms with Crippen molar-refractivity contribution in [2.75, 3.05) is 33.4 Å². The molecule has 1 N–H and O–H groups in total. The summed E-state index contributed by atoms with van der Waals surface area (Å²) in [6, 6.07) is 15.1. The van der Waals surface area contributed by atoms with Crippen molar-refractivity contribution in [2.45, 2.75) is 44.4 Å². The molecule has 0 amide bonds. The second kappa shape index (κ2) is 9.39. The van der Waals surface area contributed by atoms with Gasteiger partial charge in [-0.25, -0.2) is 0 Å². The quantitative estimate of drug-likeness (QED) is 0.635. The number of guanidine groups is 1. The van der Waals surface area contributed by atoms with Gasteiger partial charge in [0.15, 0.2) is 5.96 Å². The van der Waals surface area contributed by atoms with Crippen LogP contribution >= 0.6 is 0 Å². The molecule has 2 saturated heterocycles. The predicted octanol–water partition coefficient (Wildman–Crippen LogP) is 3.58. The molecule has 2 aromatic rings. The summed E-state index contributed by atoms with van der Waals surface area (Å²) in [7, 11) is 1.86. The number of nitrogens with zero attached hydrogens (tertiary/aromatic N) is 2. The smallest absolute Gasteiger partial charge is 0.193 e. The number of hydrogen-bond donors (Lipinski definition) is 1. The Labute approximate surface area is 167 Å². The molecule has 5 heteroatoms. The third kappa shape index (κ3) is 4.83. The summed E-state index contributed by atoms with van der Waals surface area (Å²) in [6.45, 7) is 4.39. The topological polar surface area (TPSA) is 46.1 Å². The van der Waals surface area contributed by atoms with Crippen LogP contribution in [0.15, 0.2) is 47.5 Å². The van der Waals surface area contributed by atoms with Crippen LogP contribution in [0.25, 0.3) is 10.8 Å². The number of piperidine rings is 1. The van der Waals surface area contributed by atoms with Crippen LogP contribution in [0.2, 0.25) is 0 Å². The molecule has 2 aliphatic rings. The first kappa shape index (κ1) is 19.2. The summed E-state index contributed by atoms with van der Waals surface area (Å²) in [4.78, 5) is 6.83. The van der Waals surface area contributed by atoms with Crippen LogP contribution in [0.4, 0.5) is 0 Å². The molecule has 2 aromatic carbocycles. The summed E-state index contributed by atoms with van der Waals surface area (Å²) in [5, 5.41) is 6.08. The zero-order valence-electron chi connectivity index (χ0n) is 16.8. The molecule has 1 atom stereocenters. The van der Waals surface area contributed by atoms with E-state index in [1.807, 2.05) is 7.05 Å². The third-order valence-corrected chi connectivity index (χ3v) is 5.76. The summed E-state index contributed by atoms with van der Waals surface area (Å²) in [5.41, 5.74) is 1.27. The van der Waals surface area contributed by atoms with Gasteiger partial charge in [0.1, 0.15) is 0 Å². The van der Waals surface area contributed by atoms with Gasteiger partial charge in [-0.3, -0.25) is 4.99 Å². The molecule has 0 saturated carbocycles. The van der Waals surface area contributed by atoms with Crippen LogP contribution in [0, 0.1) is 0 Å². The van der Waals surface area contributed by atoms with Crippen molar-refractivity contribution in [3.05, 3.63) is 48.0 Å². The molecule has 0 aliphatic carbocycles. The molecule has 0 bridgehead atoms. The first-order chi connectivity index (χ1) is 13.8. The van der Waals surface area contributed by atoms with Gasteiger partial charge in [0, 0.05) is 33.3 Å². The van der Waals surface area contributed by atoms with Crippen LogP contribution in [0.1, 0.15) is 31.2 Å². The molecular formula is C23H31N3O2. The average Bonchev–Trinajstić information content (AvgIpc) is 3.27. The SMILES string of the molecule is CN=C(NCc1ccc2ccccc2c1)N1CCC(OCC2CCCO2)CC1. The first-order valence-electron chi connectivity index (χ1n) is 10.5. The highest BCUT2D eigenvalue weighted by Crippen LogP contribution is 2.18. The van der Waals surface area contributed by atoms with E-state index in [0.717, 1.165) is 58.1 Å². The van der Waals surface area contributed by atoms with Gasteiger partial charge < -0.3 is 19.7 Å². The molecule has 150 valence electrons. The van der Waals surface area contributed by atoms with Gasteiger partial charge in [0.25, 0.3) is 0 Å². The maximum atomic E-state index is 6.09. The fourth-order valence-electron chi connectivity index (χ4n) is 4.12. The highest BCUT2D eigenvalue weighted by molar-refractivity contribution is 5.83. The average molecular weight is 382 g/mol. The third-order valence-electron chi connectivity index (χ3n) is 5.76. The molecule has 0 spiro atoms. The fourth-order valence-corrected chi connectivity index (χ4v) is 4.12. The van der Waals surface area contributed by atoms with Crippen molar-refractivity contribution in [1.82, 2.24) is 10.2 Å². The van der Waals surface area contributed by atoms with E-state index in [0.29, 0.717) is 12.2 Å². The highest BCUT2D eigenvalue weighted by atomic mass is 16.5. The summed E-state index contributed by atoms with van der Waals surface area (Å²) in [6.07, 6.45) is 5.07. The van der Waals surface area contributed by atoms with Gasteiger partial charge in [-0.15, -0.1) is 0 Å². The van der Waals surface area contributed by atoms with Crippen molar-refractivity contribution in [3.63, 3.8) is 0 Å². The molecule has 2 aliphatic heterocycles. The van der Waals surface area contributed by atoms with E-state index in [9.17, 15) is 0 Å². The zero-order chi connectivity index (χ0) is 19.2. The number of hydrogen-bond acceptors (Lipinski definition) is 3. The van der Waals surface area contributed by atoms with Crippen LogP contribution in [-0.4, -0.2) is 56.4 Å². The molecular weight excluding hydrogens is 350 g/mol. The molecule has 1 unspecified atom stereocenters. The van der Waals surface area contributed by atoms with E-state index in [2.05, 4.69) is 57.7 Å². The van der Waals surface area contributed by atoms with E-state index in [-0.39, 0.29) is 0 Å². The Morgan fingerprint density at radius 3 is 2.71 bits per heavy atom. The molecule has 0 aromatic heterocycles.